The van der Waals surface area contributed by atoms with Gasteiger partial charge in [0.15, 0.2) is 6.79 Å². The number of halogens is 1. The number of thiazole rings is 1. The average Bonchev–Trinajstić information content (AvgIpc) is 3.13. The van der Waals surface area contributed by atoms with Gasteiger partial charge in [0.1, 0.15) is 12.3 Å². The number of nitrogens with zero attached hydrogens (tertiary/aromatic N) is 1. The number of para-hydroxylation sites is 1. The molecule has 0 atom stereocenters. The van der Waals surface area contributed by atoms with E-state index in [1.54, 1.807) is 4.90 Å². The van der Waals surface area contributed by atoms with E-state index in [1.807, 2.05) is 17.4 Å². The molecule has 0 spiro atoms. The van der Waals surface area contributed by atoms with Crippen molar-refractivity contribution in [2.24, 2.45) is 0 Å². The summed E-state index contributed by atoms with van der Waals surface area (Å²) in [5.74, 6) is 1.57. The second-order valence-corrected chi connectivity index (χ2v) is 8.88. The number of rotatable bonds is 3. The van der Waals surface area contributed by atoms with E-state index >= 15 is 0 Å². The first-order chi connectivity index (χ1) is 13.3. The Morgan fingerprint density at radius 3 is 2.89 bits per heavy atom. The van der Waals surface area contributed by atoms with E-state index in [0.29, 0.717) is 19.3 Å². The van der Waals surface area contributed by atoms with Crippen LogP contribution in [0.1, 0.15) is 34.9 Å². The van der Waals surface area contributed by atoms with Crippen molar-refractivity contribution in [3.63, 3.8) is 0 Å². The number of likely N-dealkylation sites (tertiary alicyclic amines) is 1. The van der Waals surface area contributed by atoms with Gasteiger partial charge in [-0.1, -0.05) is 23.7 Å². The summed E-state index contributed by atoms with van der Waals surface area (Å²) in [6, 6.07) is 12.4. The maximum Gasteiger partial charge on any atom is 0.189 e. The van der Waals surface area contributed by atoms with Gasteiger partial charge in [0.25, 0.3) is 0 Å². The van der Waals surface area contributed by atoms with Crippen LogP contribution >= 0.6 is 22.9 Å². The third-order valence-corrected chi connectivity index (χ3v) is 6.96. The summed E-state index contributed by atoms with van der Waals surface area (Å²) in [7, 11) is 0. The van der Waals surface area contributed by atoms with Gasteiger partial charge < -0.3 is 14.4 Å². The number of aromatic nitrogens is 1. The van der Waals surface area contributed by atoms with Gasteiger partial charge in [0.05, 0.1) is 40.5 Å². The van der Waals surface area contributed by atoms with E-state index in [-0.39, 0.29) is 0 Å². The molecule has 6 heteroatoms. The molecule has 3 heterocycles. The molecule has 2 aliphatic rings. The number of ether oxygens (including phenoxy) is 2. The lowest BCUT2D eigenvalue weighted by atomic mass is 9.97. The molecule has 0 amide bonds. The van der Waals surface area contributed by atoms with Crippen molar-refractivity contribution in [2.45, 2.75) is 31.9 Å². The number of nitrogens with one attached hydrogen (secondary N) is 1. The van der Waals surface area contributed by atoms with Gasteiger partial charge >= 0.3 is 0 Å². The summed E-state index contributed by atoms with van der Waals surface area (Å²) in [5.41, 5.74) is 3.40. The molecule has 0 radical (unpaired) electrons. The fourth-order valence-corrected chi connectivity index (χ4v) is 5.57. The molecule has 1 aromatic heterocycles. The fourth-order valence-electron chi connectivity index (χ4n) is 4.17. The summed E-state index contributed by atoms with van der Waals surface area (Å²) in [5, 5.41) is 2.07. The standard InChI is InChI=1S/C21H21ClN2O2S/c22-17-9-15(20-16(10-17)12-25-13-26-20)11-24-7-5-14(6-8-24)21-23-18-3-1-2-4-19(18)27-21/h1-4,9-10,14H,5-8,11-13H2/p+1. The Bertz CT molecular complexity index is 933. The SMILES string of the molecule is Clc1cc2c(c(C[NH+]3CCC(c4nc5ccccc5s4)CC3)c1)OCOC2. The lowest BCUT2D eigenvalue weighted by Crippen LogP contribution is -3.11. The number of fused-ring (bicyclic) bond motifs is 2. The molecule has 1 saturated heterocycles. The number of hydrogen-bond acceptors (Lipinski definition) is 4. The van der Waals surface area contributed by atoms with Crippen molar-refractivity contribution < 1.29 is 14.4 Å². The first-order valence-electron chi connectivity index (χ1n) is 9.47. The minimum Gasteiger partial charge on any atom is -0.467 e. The predicted octanol–water partition coefficient (Wildman–Crippen LogP) is 3.78. The number of quaternary nitrogens is 1. The lowest BCUT2D eigenvalue weighted by Gasteiger charge is -2.29. The maximum absolute atomic E-state index is 6.31. The first kappa shape index (κ1) is 17.4. The highest BCUT2D eigenvalue weighted by Crippen LogP contribution is 2.33. The molecule has 4 nitrogen and oxygen atoms in total. The molecule has 140 valence electrons. The summed E-state index contributed by atoms with van der Waals surface area (Å²) >= 11 is 8.17. The van der Waals surface area contributed by atoms with Crippen molar-refractivity contribution in [1.29, 1.82) is 0 Å². The van der Waals surface area contributed by atoms with Crippen LogP contribution in [0.15, 0.2) is 36.4 Å². The molecule has 0 aliphatic carbocycles. The smallest absolute Gasteiger partial charge is 0.189 e. The van der Waals surface area contributed by atoms with Crippen molar-refractivity contribution in [3.8, 4) is 5.75 Å². The Morgan fingerprint density at radius 1 is 1.19 bits per heavy atom. The zero-order valence-electron chi connectivity index (χ0n) is 15.0. The quantitative estimate of drug-likeness (QED) is 0.725. The molecule has 1 fully saturated rings. The van der Waals surface area contributed by atoms with E-state index in [0.717, 1.165) is 41.5 Å². The molecule has 5 rings (SSSR count). The second-order valence-electron chi connectivity index (χ2n) is 7.38. The molecular weight excluding hydrogens is 380 g/mol. The van der Waals surface area contributed by atoms with Crippen LogP contribution in [0.3, 0.4) is 0 Å². The van der Waals surface area contributed by atoms with Crippen molar-refractivity contribution in [3.05, 3.63) is 57.6 Å². The van der Waals surface area contributed by atoms with Gasteiger partial charge in [-0.3, -0.25) is 0 Å². The largest absolute Gasteiger partial charge is 0.467 e. The van der Waals surface area contributed by atoms with Gasteiger partial charge in [0.2, 0.25) is 0 Å². The molecule has 0 bridgehead atoms. The first-order valence-corrected chi connectivity index (χ1v) is 10.7. The topological polar surface area (TPSA) is 35.8 Å². The van der Waals surface area contributed by atoms with Crippen LogP contribution in [0, 0.1) is 0 Å². The van der Waals surface area contributed by atoms with Gasteiger partial charge in [-0.25, -0.2) is 4.98 Å². The van der Waals surface area contributed by atoms with E-state index in [4.69, 9.17) is 26.1 Å². The Balaban J connectivity index is 1.28. The Kier molecular flexibility index (Phi) is 4.78. The molecule has 2 aliphatic heterocycles. The fraction of sp³-hybridized carbons (Fsp3) is 0.381. The Hall–Kier alpha value is -1.66. The highest BCUT2D eigenvalue weighted by Gasteiger charge is 2.27. The van der Waals surface area contributed by atoms with Crippen LogP contribution in [0.4, 0.5) is 0 Å². The highest BCUT2D eigenvalue weighted by atomic mass is 35.5. The normalized spacial score (nSPS) is 22.4. The van der Waals surface area contributed by atoms with E-state index < -0.39 is 0 Å². The van der Waals surface area contributed by atoms with Crippen LogP contribution in [-0.4, -0.2) is 24.9 Å². The number of piperidine rings is 1. The predicted molar refractivity (Wildman–Crippen MR) is 108 cm³/mol. The summed E-state index contributed by atoms with van der Waals surface area (Å²) in [6.07, 6.45) is 2.36. The zero-order chi connectivity index (χ0) is 18.2. The number of benzene rings is 2. The summed E-state index contributed by atoms with van der Waals surface area (Å²) in [4.78, 5) is 6.46. The number of hydrogen-bond donors (Lipinski definition) is 1. The molecule has 2 aromatic carbocycles. The third kappa shape index (κ3) is 3.57. The molecule has 1 N–H and O–H groups in total. The van der Waals surface area contributed by atoms with Gasteiger partial charge in [-0.05, 0) is 24.3 Å². The van der Waals surface area contributed by atoms with Gasteiger partial charge in [-0.2, -0.15) is 0 Å². The van der Waals surface area contributed by atoms with Crippen LogP contribution < -0.4 is 9.64 Å². The van der Waals surface area contributed by atoms with Crippen molar-refractivity contribution >= 4 is 33.2 Å². The molecular formula is C21H22ClN2O2S+. The van der Waals surface area contributed by atoms with Crippen molar-refractivity contribution in [1.82, 2.24) is 4.98 Å². The molecule has 0 unspecified atom stereocenters. The summed E-state index contributed by atoms with van der Waals surface area (Å²) in [6.45, 7) is 4.17. The average molecular weight is 402 g/mol. The van der Waals surface area contributed by atoms with Crippen LogP contribution in [0.5, 0.6) is 5.75 Å². The zero-order valence-corrected chi connectivity index (χ0v) is 16.6. The van der Waals surface area contributed by atoms with Crippen LogP contribution in [0.25, 0.3) is 10.2 Å². The van der Waals surface area contributed by atoms with Crippen LogP contribution in [-0.2, 0) is 17.9 Å². The monoisotopic (exact) mass is 401 g/mol. The minimum absolute atomic E-state index is 0.330. The van der Waals surface area contributed by atoms with Crippen molar-refractivity contribution in [2.75, 3.05) is 19.9 Å². The van der Waals surface area contributed by atoms with Gasteiger partial charge in [0, 0.05) is 29.3 Å². The Morgan fingerprint density at radius 2 is 2.04 bits per heavy atom. The second kappa shape index (κ2) is 7.40. The van der Waals surface area contributed by atoms with Gasteiger partial charge in [-0.15, -0.1) is 11.3 Å². The third-order valence-electron chi connectivity index (χ3n) is 5.54. The minimum atomic E-state index is 0.330. The molecule has 3 aromatic rings. The van der Waals surface area contributed by atoms with E-state index in [1.165, 1.54) is 28.1 Å². The van der Waals surface area contributed by atoms with E-state index in [9.17, 15) is 0 Å². The lowest BCUT2D eigenvalue weighted by molar-refractivity contribution is -0.919. The summed E-state index contributed by atoms with van der Waals surface area (Å²) < 4.78 is 12.5. The van der Waals surface area contributed by atoms with Crippen LogP contribution in [0.2, 0.25) is 5.02 Å². The molecule has 0 saturated carbocycles. The highest BCUT2D eigenvalue weighted by molar-refractivity contribution is 7.18. The molecule has 27 heavy (non-hydrogen) atoms. The van der Waals surface area contributed by atoms with E-state index in [2.05, 4.69) is 30.3 Å². The Labute approximate surface area is 167 Å². The maximum atomic E-state index is 6.31.